The van der Waals surface area contributed by atoms with E-state index in [2.05, 4.69) is 31.4 Å². The number of nitrogens with one attached hydrogen (secondary N) is 2. The average Bonchev–Trinajstić information content (AvgIpc) is 2.00. The summed E-state index contributed by atoms with van der Waals surface area (Å²) in [4.78, 5) is 11.4. The third kappa shape index (κ3) is 5.22. The second kappa shape index (κ2) is 4.78. The van der Waals surface area contributed by atoms with Crippen molar-refractivity contribution in [2.24, 2.45) is 10.8 Å². The zero-order valence-electron chi connectivity index (χ0n) is 10.3. The van der Waals surface area contributed by atoms with Crippen LogP contribution in [0.2, 0.25) is 0 Å². The van der Waals surface area contributed by atoms with E-state index < -0.39 is 0 Å². The van der Waals surface area contributed by atoms with Gasteiger partial charge in [0, 0.05) is 20.1 Å². The van der Waals surface area contributed by atoms with Crippen LogP contribution in [-0.4, -0.2) is 26.0 Å². The molecule has 0 heterocycles. The highest BCUT2D eigenvalue weighted by molar-refractivity contribution is 5.81. The fourth-order valence-electron chi connectivity index (χ4n) is 1.17. The SMILES string of the molecule is CNC(=O)C(C)(C)CNCC(C)(C)C. The normalized spacial score (nSPS) is 12.7. The van der Waals surface area contributed by atoms with E-state index in [0.717, 1.165) is 6.54 Å². The molecule has 0 saturated heterocycles. The highest BCUT2D eigenvalue weighted by Gasteiger charge is 2.26. The lowest BCUT2D eigenvalue weighted by Gasteiger charge is -2.26. The lowest BCUT2D eigenvalue weighted by atomic mass is 9.91. The monoisotopic (exact) mass is 200 g/mol. The van der Waals surface area contributed by atoms with Crippen LogP contribution in [-0.2, 0) is 4.79 Å². The minimum atomic E-state index is -0.333. The Balaban J connectivity index is 3.94. The van der Waals surface area contributed by atoms with Gasteiger partial charge < -0.3 is 10.6 Å². The molecule has 14 heavy (non-hydrogen) atoms. The summed E-state index contributed by atoms with van der Waals surface area (Å²) in [6.45, 7) is 12.0. The second-order valence-electron chi connectivity index (χ2n) is 5.63. The molecule has 2 N–H and O–H groups in total. The van der Waals surface area contributed by atoms with Crippen LogP contribution >= 0.6 is 0 Å². The van der Waals surface area contributed by atoms with Crippen LogP contribution in [0.25, 0.3) is 0 Å². The molecule has 0 aromatic heterocycles. The Labute approximate surface area is 87.6 Å². The van der Waals surface area contributed by atoms with E-state index in [1.807, 2.05) is 13.8 Å². The van der Waals surface area contributed by atoms with E-state index in [1.165, 1.54) is 0 Å². The van der Waals surface area contributed by atoms with E-state index in [1.54, 1.807) is 7.05 Å². The lowest BCUT2D eigenvalue weighted by molar-refractivity contribution is -0.128. The Morgan fingerprint density at radius 1 is 1.07 bits per heavy atom. The van der Waals surface area contributed by atoms with E-state index >= 15 is 0 Å². The maximum absolute atomic E-state index is 11.4. The molecule has 0 aromatic rings. The molecule has 0 rings (SSSR count). The Morgan fingerprint density at radius 2 is 1.57 bits per heavy atom. The lowest BCUT2D eigenvalue weighted by Crippen LogP contribution is -2.43. The van der Waals surface area contributed by atoms with Gasteiger partial charge in [-0.05, 0) is 19.3 Å². The number of hydrogen-bond acceptors (Lipinski definition) is 2. The standard InChI is InChI=1S/C11H24N2O/c1-10(2,3)7-13-8-11(4,5)9(14)12-6/h13H,7-8H2,1-6H3,(H,12,14). The summed E-state index contributed by atoms with van der Waals surface area (Å²) in [6, 6.07) is 0. The van der Waals surface area contributed by atoms with Gasteiger partial charge in [-0.1, -0.05) is 20.8 Å². The molecule has 0 aliphatic rings. The summed E-state index contributed by atoms with van der Waals surface area (Å²) in [7, 11) is 1.67. The van der Waals surface area contributed by atoms with Gasteiger partial charge in [0.15, 0.2) is 0 Å². The Bertz CT molecular complexity index is 192. The summed E-state index contributed by atoms with van der Waals surface area (Å²) in [5.74, 6) is 0.0823. The second-order valence-corrected chi connectivity index (χ2v) is 5.63. The molecule has 0 atom stereocenters. The van der Waals surface area contributed by atoms with Gasteiger partial charge >= 0.3 is 0 Å². The molecular weight excluding hydrogens is 176 g/mol. The van der Waals surface area contributed by atoms with Gasteiger partial charge in [-0.2, -0.15) is 0 Å². The highest BCUT2D eigenvalue weighted by atomic mass is 16.2. The van der Waals surface area contributed by atoms with Crippen molar-refractivity contribution in [3.63, 3.8) is 0 Å². The van der Waals surface area contributed by atoms with Gasteiger partial charge in [-0.15, -0.1) is 0 Å². The first-order valence-corrected chi connectivity index (χ1v) is 5.12. The average molecular weight is 200 g/mol. The van der Waals surface area contributed by atoms with E-state index in [0.29, 0.717) is 6.54 Å². The molecule has 3 nitrogen and oxygen atoms in total. The minimum Gasteiger partial charge on any atom is -0.359 e. The maximum Gasteiger partial charge on any atom is 0.226 e. The summed E-state index contributed by atoms with van der Waals surface area (Å²) < 4.78 is 0. The van der Waals surface area contributed by atoms with Crippen LogP contribution < -0.4 is 10.6 Å². The van der Waals surface area contributed by atoms with Crippen LogP contribution in [0.1, 0.15) is 34.6 Å². The number of hydrogen-bond donors (Lipinski definition) is 2. The quantitative estimate of drug-likeness (QED) is 0.720. The molecular formula is C11H24N2O. The molecule has 0 aromatic carbocycles. The first kappa shape index (κ1) is 13.4. The Morgan fingerprint density at radius 3 is 1.93 bits per heavy atom. The van der Waals surface area contributed by atoms with Crippen LogP contribution in [0.15, 0.2) is 0 Å². The van der Waals surface area contributed by atoms with Crippen LogP contribution in [0.4, 0.5) is 0 Å². The molecule has 0 aliphatic heterocycles. The van der Waals surface area contributed by atoms with Crippen molar-refractivity contribution in [3.05, 3.63) is 0 Å². The molecule has 0 aliphatic carbocycles. The Kier molecular flexibility index (Phi) is 4.59. The van der Waals surface area contributed by atoms with Crippen molar-refractivity contribution < 1.29 is 4.79 Å². The molecule has 3 heteroatoms. The van der Waals surface area contributed by atoms with Crippen molar-refractivity contribution in [1.82, 2.24) is 10.6 Å². The van der Waals surface area contributed by atoms with Crippen LogP contribution in [0.5, 0.6) is 0 Å². The molecule has 84 valence electrons. The molecule has 0 unspecified atom stereocenters. The van der Waals surface area contributed by atoms with Gasteiger partial charge in [0.05, 0.1) is 5.41 Å². The predicted molar refractivity (Wildman–Crippen MR) is 60.2 cm³/mol. The van der Waals surface area contributed by atoms with Gasteiger partial charge in [-0.25, -0.2) is 0 Å². The molecule has 0 radical (unpaired) electrons. The van der Waals surface area contributed by atoms with Crippen LogP contribution in [0, 0.1) is 10.8 Å². The van der Waals surface area contributed by atoms with Crippen molar-refractivity contribution in [2.75, 3.05) is 20.1 Å². The molecule has 1 amide bonds. The first-order valence-electron chi connectivity index (χ1n) is 5.12. The van der Waals surface area contributed by atoms with Gasteiger partial charge in [0.2, 0.25) is 5.91 Å². The van der Waals surface area contributed by atoms with Gasteiger partial charge in [0.25, 0.3) is 0 Å². The minimum absolute atomic E-state index is 0.0823. The summed E-state index contributed by atoms with van der Waals surface area (Å²) in [6.07, 6.45) is 0. The Hall–Kier alpha value is -0.570. The molecule has 0 saturated carbocycles. The largest absolute Gasteiger partial charge is 0.359 e. The van der Waals surface area contributed by atoms with E-state index in [9.17, 15) is 4.79 Å². The zero-order chi connectivity index (χ0) is 11.4. The van der Waals surface area contributed by atoms with Crippen molar-refractivity contribution >= 4 is 5.91 Å². The van der Waals surface area contributed by atoms with Gasteiger partial charge in [-0.3, -0.25) is 4.79 Å². The summed E-state index contributed by atoms with van der Waals surface area (Å²) in [5, 5.41) is 5.99. The number of carbonyl (C=O) groups excluding carboxylic acids is 1. The maximum atomic E-state index is 11.4. The third-order valence-electron chi connectivity index (χ3n) is 2.06. The van der Waals surface area contributed by atoms with E-state index in [-0.39, 0.29) is 16.7 Å². The first-order chi connectivity index (χ1) is 6.19. The van der Waals surface area contributed by atoms with Gasteiger partial charge in [0.1, 0.15) is 0 Å². The zero-order valence-corrected chi connectivity index (χ0v) is 10.3. The topological polar surface area (TPSA) is 41.1 Å². The van der Waals surface area contributed by atoms with Crippen molar-refractivity contribution in [3.8, 4) is 0 Å². The molecule has 0 spiro atoms. The third-order valence-corrected chi connectivity index (χ3v) is 2.06. The predicted octanol–water partition coefficient (Wildman–Crippen LogP) is 1.39. The van der Waals surface area contributed by atoms with E-state index in [4.69, 9.17) is 0 Å². The molecule has 0 bridgehead atoms. The van der Waals surface area contributed by atoms with Crippen molar-refractivity contribution in [1.29, 1.82) is 0 Å². The number of amides is 1. The smallest absolute Gasteiger partial charge is 0.226 e. The molecule has 0 fully saturated rings. The highest BCUT2D eigenvalue weighted by Crippen LogP contribution is 2.15. The number of rotatable bonds is 4. The summed E-state index contributed by atoms with van der Waals surface area (Å²) >= 11 is 0. The van der Waals surface area contributed by atoms with Crippen molar-refractivity contribution in [2.45, 2.75) is 34.6 Å². The number of carbonyl (C=O) groups is 1. The summed E-state index contributed by atoms with van der Waals surface area (Å²) in [5.41, 5.74) is -0.0707. The fourth-order valence-corrected chi connectivity index (χ4v) is 1.17. The fraction of sp³-hybridized carbons (Fsp3) is 0.909. The van der Waals surface area contributed by atoms with Crippen LogP contribution in [0.3, 0.4) is 0 Å².